The highest BCUT2D eigenvalue weighted by Crippen LogP contribution is 2.37. The fraction of sp³-hybridized carbons (Fsp3) is 0.478. The number of benzene rings is 2. The Balaban J connectivity index is 1.98. The van der Waals surface area contributed by atoms with Gasteiger partial charge >= 0.3 is 6.16 Å². The van der Waals surface area contributed by atoms with Crippen LogP contribution in [-0.2, 0) is 22.5 Å². The van der Waals surface area contributed by atoms with Gasteiger partial charge in [-0.2, -0.15) is 0 Å². The van der Waals surface area contributed by atoms with Crippen LogP contribution < -0.4 is 4.74 Å². The molecule has 5 atom stereocenters. The Labute approximate surface area is 201 Å². The van der Waals surface area contributed by atoms with Crippen molar-refractivity contribution >= 4 is 11.6 Å². The summed E-state index contributed by atoms with van der Waals surface area (Å²) in [6.45, 7) is 1.26. The quantitative estimate of drug-likeness (QED) is 0.232. The summed E-state index contributed by atoms with van der Waals surface area (Å²) in [7, 11) is 0. The Bertz CT molecular complexity index is 944. The van der Waals surface area contributed by atoms with Crippen LogP contribution in [0.1, 0.15) is 35.3 Å². The van der Waals surface area contributed by atoms with Crippen LogP contribution in [0.5, 0.6) is 5.75 Å². The molecule has 1 aliphatic heterocycles. The second-order valence-electron chi connectivity index (χ2n) is 8.01. The van der Waals surface area contributed by atoms with E-state index in [1.54, 1.807) is 6.07 Å². The highest BCUT2D eigenvalue weighted by Gasteiger charge is 2.44. The number of ether oxygens (including phenoxy) is 3. The van der Waals surface area contributed by atoms with Crippen molar-refractivity contribution in [1.82, 2.24) is 0 Å². The predicted octanol–water partition coefficient (Wildman–Crippen LogP) is -0.0508. The van der Waals surface area contributed by atoms with Gasteiger partial charge in [0, 0.05) is 5.02 Å². The molecule has 1 aliphatic rings. The summed E-state index contributed by atoms with van der Waals surface area (Å²) in [6.07, 6.45) is -10.2. The van der Waals surface area contributed by atoms with E-state index in [2.05, 4.69) is 4.74 Å². The molecule has 1 heterocycles. The van der Waals surface area contributed by atoms with Gasteiger partial charge in [0.05, 0.1) is 19.8 Å². The highest BCUT2D eigenvalue weighted by atomic mass is 35.5. The van der Waals surface area contributed by atoms with Gasteiger partial charge in [0.25, 0.3) is 0 Å². The van der Waals surface area contributed by atoms with Gasteiger partial charge in [-0.25, -0.2) is 0 Å². The lowest BCUT2D eigenvalue weighted by Crippen LogP contribution is -2.55. The zero-order valence-corrected chi connectivity index (χ0v) is 19.2. The first-order chi connectivity index (χ1) is 16.0. The number of rotatable bonds is 9. The maximum atomic E-state index is 10.6. The van der Waals surface area contributed by atoms with Gasteiger partial charge in [0.2, 0.25) is 0 Å². The van der Waals surface area contributed by atoms with Crippen LogP contribution in [0.25, 0.3) is 0 Å². The molecule has 0 radical (unpaired) electrons. The summed E-state index contributed by atoms with van der Waals surface area (Å²) < 4.78 is 15.7. The van der Waals surface area contributed by atoms with Gasteiger partial charge in [-0.1, -0.05) is 29.8 Å². The molecule has 0 amide bonds. The molecule has 10 nitrogen and oxygen atoms in total. The molecule has 188 valence electrons. The molecule has 7 N–H and O–H groups in total. The molecule has 1 fully saturated rings. The highest BCUT2D eigenvalue weighted by molar-refractivity contribution is 6.31. The third kappa shape index (κ3) is 6.43. The van der Waals surface area contributed by atoms with Gasteiger partial charge < -0.3 is 45.2 Å². The average Bonchev–Trinajstić information content (AvgIpc) is 2.79. The van der Waals surface area contributed by atoms with E-state index in [0.717, 1.165) is 5.56 Å². The largest absolute Gasteiger partial charge is 0.494 e. The number of aliphatic hydroxyl groups excluding tert-OH is 4. The van der Waals surface area contributed by atoms with Crippen molar-refractivity contribution in [3.05, 3.63) is 63.7 Å². The lowest BCUT2D eigenvalue weighted by Gasteiger charge is -2.41. The number of hydrogen-bond donors (Lipinski definition) is 7. The van der Waals surface area contributed by atoms with Gasteiger partial charge in [0.15, 0.2) is 0 Å². The maximum absolute atomic E-state index is 10.6. The fourth-order valence-corrected chi connectivity index (χ4v) is 4.08. The molecule has 11 heteroatoms. The SMILES string of the molecule is CCOc1ccc(Cc2cc(C3OC(CO)C(O)C(O)C3O)c(COC(O)(O)O)cc2Cl)cc1. The molecular weight excluding hydrogens is 472 g/mol. The third-order valence-corrected chi connectivity index (χ3v) is 5.91. The van der Waals surface area contributed by atoms with Crippen LogP contribution in [0.4, 0.5) is 0 Å². The van der Waals surface area contributed by atoms with Gasteiger partial charge in [-0.05, 0) is 53.8 Å². The lowest BCUT2D eigenvalue weighted by atomic mass is 9.87. The van der Waals surface area contributed by atoms with Crippen LogP contribution in [0.15, 0.2) is 36.4 Å². The lowest BCUT2D eigenvalue weighted by molar-refractivity contribution is -0.458. The Kier molecular flexibility index (Phi) is 8.87. The van der Waals surface area contributed by atoms with Crippen LogP contribution in [0.2, 0.25) is 5.02 Å². The second kappa shape index (κ2) is 11.3. The van der Waals surface area contributed by atoms with E-state index in [1.165, 1.54) is 6.07 Å². The molecule has 5 unspecified atom stereocenters. The van der Waals surface area contributed by atoms with E-state index < -0.39 is 49.9 Å². The summed E-state index contributed by atoms with van der Waals surface area (Å²) in [5.41, 5.74) is 1.98. The normalized spacial score (nSPS) is 25.4. The standard InChI is InChI=1S/C23H29ClO10/c1-2-32-15-5-3-12(4-6-15)7-13-8-16(14(9-17(13)24)11-33-23(29,30)31)22-21(28)20(27)19(26)18(10-25)34-22/h3-6,8-9,18-22,25-31H,2,7,10-11H2,1H3. The van der Waals surface area contributed by atoms with E-state index in [-0.39, 0.29) is 11.1 Å². The number of aliphatic hydroxyl groups is 7. The van der Waals surface area contributed by atoms with E-state index in [0.29, 0.717) is 29.4 Å². The van der Waals surface area contributed by atoms with Crippen molar-refractivity contribution in [2.45, 2.75) is 56.6 Å². The van der Waals surface area contributed by atoms with E-state index in [1.807, 2.05) is 31.2 Å². The average molecular weight is 501 g/mol. The van der Waals surface area contributed by atoms with Crippen molar-refractivity contribution in [3.63, 3.8) is 0 Å². The molecule has 0 aromatic heterocycles. The summed E-state index contributed by atoms with van der Waals surface area (Å²) >= 11 is 6.46. The molecule has 0 bridgehead atoms. The minimum atomic E-state index is -3.42. The molecule has 2 aromatic rings. The molecule has 0 saturated carbocycles. The van der Waals surface area contributed by atoms with Gasteiger partial charge in [-0.15, -0.1) is 0 Å². The van der Waals surface area contributed by atoms with Crippen molar-refractivity contribution in [2.24, 2.45) is 0 Å². The molecule has 1 saturated heterocycles. The first kappa shape index (κ1) is 26.8. The van der Waals surface area contributed by atoms with Gasteiger partial charge in [0.1, 0.15) is 36.3 Å². The Morgan fingerprint density at radius 3 is 2.24 bits per heavy atom. The first-order valence-corrected chi connectivity index (χ1v) is 11.1. The second-order valence-corrected chi connectivity index (χ2v) is 8.42. The first-order valence-electron chi connectivity index (χ1n) is 10.7. The Morgan fingerprint density at radius 1 is 0.971 bits per heavy atom. The van der Waals surface area contributed by atoms with Crippen LogP contribution >= 0.6 is 11.6 Å². The summed E-state index contributed by atoms with van der Waals surface area (Å²) in [6, 6.07) is 10.4. The molecule has 0 aliphatic carbocycles. The minimum Gasteiger partial charge on any atom is -0.494 e. The fourth-order valence-electron chi connectivity index (χ4n) is 3.83. The molecule has 3 rings (SSSR count). The van der Waals surface area contributed by atoms with Crippen LogP contribution in [0.3, 0.4) is 0 Å². The van der Waals surface area contributed by atoms with E-state index in [4.69, 9.17) is 36.4 Å². The maximum Gasteiger partial charge on any atom is 0.405 e. The van der Waals surface area contributed by atoms with Crippen LogP contribution in [-0.4, -0.2) is 79.5 Å². The topological polar surface area (TPSA) is 169 Å². The molecular formula is C23H29ClO10. The zero-order chi connectivity index (χ0) is 25.0. The van der Waals surface area contributed by atoms with Crippen molar-refractivity contribution in [1.29, 1.82) is 0 Å². The molecule has 2 aromatic carbocycles. The summed E-state index contributed by atoms with van der Waals surface area (Å²) in [5, 5.41) is 68.1. The number of hydrogen-bond acceptors (Lipinski definition) is 10. The van der Waals surface area contributed by atoms with E-state index in [9.17, 15) is 20.4 Å². The summed E-state index contributed by atoms with van der Waals surface area (Å²) in [4.78, 5) is 0. The molecule has 34 heavy (non-hydrogen) atoms. The predicted molar refractivity (Wildman–Crippen MR) is 119 cm³/mol. The Morgan fingerprint density at radius 2 is 1.65 bits per heavy atom. The Hall–Kier alpha value is -1.83. The third-order valence-electron chi connectivity index (χ3n) is 5.56. The number of halogens is 1. The monoisotopic (exact) mass is 500 g/mol. The van der Waals surface area contributed by atoms with Crippen molar-refractivity contribution < 1.29 is 50.0 Å². The van der Waals surface area contributed by atoms with Crippen molar-refractivity contribution in [3.8, 4) is 5.75 Å². The summed E-state index contributed by atoms with van der Waals surface area (Å²) in [5.74, 6) is 0.715. The van der Waals surface area contributed by atoms with E-state index >= 15 is 0 Å². The smallest absolute Gasteiger partial charge is 0.405 e. The minimum absolute atomic E-state index is 0.214. The molecule has 0 spiro atoms. The van der Waals surface area contributed by atoms with Gasteiger partial charge in [-0.3, -0.25) is 4.74 Å². The zero-order valence-electron chi connectivity index (χ0n) is 18.4. The van der Waals surface area contributed by atoms with Crippen molar-refractivity contribution in [2.75, 3.05) is 13.2 Å². The van der Waals surface area contributed by atoms with Crippen LogP contribution in [0, 0.1) is 0 Å².